The highest BCUT2D eigenvalue weighted by atomic mass is 35.5. The zero-order valence-electron chi connectivity index (χ0n) is 10.7. The second-order valence-electron chi connectivity index (χ2n) is 5.83. The largest absolute Gasteiger partial charge is 0.330 e. The second kappa shape index (κ2) is 4.38. The van der Waals surface area contributed by atoms with Crippen molar-refractivity contribution in [3.05, 3.63) is 28.0 Å². The summed E-state index contributed by atoms with van der Waals surface area (Å²) in [4.78, 5) is 4.42. The maximum Gasteiger partial charge on any atom is 0.250 e. The highest BCUT2D eigenvalue weighted by Gasteiger charge is 2.57. The molecule has 2 nitrogen and oxygen atoms in total. The van der Waals surface area contributed by atoms with Crippen molar-refractivity contribution < 1.29 is 8.78 Å². The number of halogens is 3. The number of rotatable bonds is 2. The Kier molecular flexibility index (Phi) is 3.06. The van der Waals surface area contributed by atoms with Gasteiger partial charge in [0.1, 0.15) is 5.15 Å². The Morgan fingerprint density at radius 1 is 1.26 bits per heavy atom. The van der Waals surface area contributed by atoms with Gasteiger partial charge in [0.25, 0.3) is 0 Å². The number of hydrogen-bond acceptors (Lipinski definition) is 2. The van der Waals surface area contributed by atoms with Gasteiger partial charge in [-0.2, -0.15) is 0 Å². The lowest BCUT2D eigenvalue weighted by Gasteiger charge is -2.47. The SMILES string of the molecule is NCC1(c2cc3c(nc2Cl)CCCC3)CC(F)(F)C1. The quantitative estimate of drug-likeness (QED) is 0.848. The zero-order valence-corrected chi connectivity index (χ0v) is 11.4. The number of nitrogens with zero attached hydrogens (tertiary/aromatic N) is 1. The number of pyridine rings is 1. The molecule has 0 amide bonds. The molecule has 5 heteroatoms. The van der Waals surface area contributed by atoms with Crippen LogP contribution >= 0.6 is 11.6 Å². The van der Waals surface area contributed by atoms with Gasteiger partial charge >= 0.3 is 0 Å². The van der Waals surface area contributed by atoms with Crippen LogP contribution in [0.5, 0.6) is 0 Å². The number of nitrogens with two attached hydrogens (primary N) is 1. The Morgan fingerprint density at radius 3 is 2.58 bits per heavy atom. The molecule has 0 radical (unpaired) electrons. The monoisotopic (exact) mass is 286 g/mol. The molecule has 0 spiro atoms. The van der Waals surface area contributed by atoms with Crippen LogP contribution in [0.4, 0.5) is 8.78 Å². The first-order valence-electron chi connectivity index (χ1n) is 6.72. The average Bonchev–Trinajstić information content (AvgIpc) is 2.34. The van der Waals surface area contributed by atoms with Crippen LogP contribution in [0.1, 0.15) is 42.5 Å². The molecule has 0 saturated heterocycles. The van der Waals surface area contributed by atoms with Crippen molar-refractivity contribution >= 4 is 11.6 Å². The van der Waals surface area contributed by atoms with E-state index in [1.165, 1.54) is 0 Å². The number of alkyl halides is 2. The van der Waals surface area contributed by atoms with Crippen LogP contribution in [-0.2, 0) is 18.3 Å². The fraction of sp³-hybridized carbons (Fsp3) is 0.643. The third kappa shape index (κ3) is 2.15. The van der Waals surface area contributed by atoms with E-state index in [2.05, 4.69) is 4.98 Å². The highest BCUT2D eigenvalue weighted by Crippen LogP contribution is 2.54. The lowest BCUT2D eigenvalue weighted by Crippen LogP contribution is -2.54. The van der Waals surface area contributed by atoms with Crippen LogP contribution in [0.2, 0.25) is 5.15 Å². The molecule has 1 heterocycles. The van der Waals surface area contributed by atoms with E-state index in [0.717, 1.165) is 42.5 Å². The van der Waals surface area contributed by atoms with Crippen molar-refractivity contribution in [1.29, 1.82) is 0 Å². The van der Waals surface area contributed by atoms with Gasteiger partial charge in [-0.05, 0) is 36.8 Å². The third-order valence-electron chi connectivity index (χ3n) is 4.41. The maximum atomic E-state index is 13.3. The molecule has 0 aliphatic heterocycles. The van der Waals surface area contributed by atoms with Crippen molar-refractivity contribution in [2.24, 2.45) is 5.73 Å². The van der Waals surface area contributed by atoms with Crippen LogP contribution in [0, 0.1) is 0 Å². The Hall–Kier alpha value is -0.740. The Balaban J connectivity index is 2.00. The van der Waals surface area contributed by atoms with E-state index in [1.54, 1.807) is 0 Å². The summed E-state index contributed by atoms with van der Waals surface area (Å²) in [6.07, 6.45) is 3.72. The van der Waals surface area contributed by atoms with E-state index in [4.69, 9.17) is 17.3 Å². The standard InChI is InChI=1S/C14H17ClF2N2/c15-12-10(13(8-18)6-14(16,17)7-13)5-9-3-1-2-4-11(9)19-12/h5H,1-4,6-8,18H2. The first-order valence-corrected chi connectivity index (χ1v) is 7.10. The lowest BCUT2D eigenvalue weighted by molar-refractivity contribution is -0.123. The Labute approximate surface area is 116 Å². The molecule has 1 aromatic heterocycles. The van der Waals surface area contributed by atoms with Gasteiger partial charge in [-0.1, -0.05) is 17.7 Å². The molecular formula is C14H17ClF2N2. The molecule has 0 bridgehead atoms. The van der Waals surface area contributed by atoms with Crippen molar-refractivity contribution in [1.82, 2.24) is 4.98 Å². The fourth-order valence-corrected chi connectivity index (χ4v) is 3.72. The molecule has 0 atom stereocenters. The number of aromatic nitrogens is 1. The molecule has 19 heavy (non-hydrogen) atoms. The molecule has 2 N–H and O–H groups in total. The summed E-state index contributed by atoms with van der Waals surface area (Å²) < 4.78 is 26.5. The summed E-state index contributed by atoms with van der Waals surface area (Å²) >= 11 is 6.22. The van der Waals surface area contributed by atoms with Crippen LogP contribution < -0.4 is 5.73 Å². The fourth-order valence-electron chi connectivity index (χ4n) is 3.36. The molecular weight excluding hydrogens is 270 g/mol. The second-order valence-corrected chi connectivity index (χ2v) is 6.19. The van der Waals surface area contributed by atoms with Crippen molar-refractivity contribution in [3.8, 4) is 0 Å². The molecule has 1 saturated carbocycles. The summed E-state index contributed by atoms with van der Waals surface area (Å²) in [5.74, 6) is -2.61. The van der Waals surface area contributed by atoms with Crippen molar-refractivity contribution in [2.45, 2.75) is 49.9 Å². The highest BCUT2D eigenvalue weighted by molar-refractivity contribution is 6.30. The molecule has 3 rings (SSSR count). The molecule has 0 unspecified atom stereocenters. The van der Waals surface area contributed by atoms with E-state index >= 15 is 0 Å². The predicted molar refractivity (Wildman–Crippen MR) is 70.8 cm³/mol. The Bertz CT molecular complexity index is 508. The minimum atomic E-state index is -2.61. The summed E-state index contributed by atoms with van der Waals surface area (Å²) in [5.41, 5.74) is 7.98. The summed E-state index contributed by atoms with van der Waals surface area (Å²) in [6.45, 7) is 0.197. The van der Waals surface area contributed by atoms with Crippen molar-refractivity contribution in [2.75, 3.05) is 6.54 Å². The molecule has 1 aromatic rings. The van der Waals surface area contributed by atoms with Crippen LogP contribution in [-0.4, -0.2) is 17.5 Å². The predicted octanol–water partition coefficient (Wildman–Crippen LogP) is 3.24. The first-order chi connectivity index (χ1) is 8.96. The van der Waals surface area contributed by atoms with Crippen LogP contribution in [0.3, 0.4) is 0 Å². The van der Waals surface area contributed by atoms with E-state index in [1.807, 2.05) is 6.07 Å². The smallest absolute Gasteiger partial charge is 0.250 e. The van der Waals surface area contributed by atoms with E-state index < -0.39 is 11.3 Å². The van der Waals surface area contributed by atoms with Crippen LogP contribution in [0.25, 0.3) is 0 Å². The van der Waals surface area contributed by atoms with E-state index in [9.17, 15) is 8.78 Å². The minimum absolute atomic E-state index is 0.197. The summed E-state index contributed by atoms with van der Waals surface area (Å²) in [6, 6.07) is 1.98. The van der Waals surface area contributed by atoms with Gasteiger partial charge in [-0.3, -0.25) is 0 Å². The Morgan fingerprint density at radius 2 is 1.95 bits per heavy atom. The van der Waals surface area contributed by atoms with Gasteiger partial charge < -0.3 is 5.73 Å². The summed E-state index contributed by atoms with van der Waals surface area (Å²) in [5, 5.41) is 0.363. The van der Waals surface area contributed by atoms with E-state index in [0.29, 0.717) is 5.15 Å². The van der Waals surface area contributed by atoms with Gasteiger partial charge in [0, 0.05) is 30.5 Å². The normalized spacial score (nSPS) is 23.6. The van der Waals surface area contributed by atoms with Crippen molar-refractivity contribution in [3.63, 3.8) is 0 Å². The van der Waals surface area contributed by atoms with E-state index in [-0.39, 0.29) is 19.4 Å². The van der Waals surface area contributed by atoms with Gasteiger partial charge in [0.05, 0.1) is 0 Å². The van der Waals surface area contributed by atoms with Gasteiger partial charge in [-0.15, -0.1) is 0 Å². The minimum Gasteiger partial charge on any atom is -0.330 e. The van der Waals surface area contributed by atoms with Gasteiger partial charge in [0.2, 0.25) is 5.92 Å². The molecule has 1 fully saturated rings. The van der Waals surface area contributed by atoms with Gasteiger partial charge in [0.15, 0.2) is 0 Å². The topological polar surface area (TPSA) is 38.9 Å². The molecule has 104 valence electrons. The number of fused-ring (bicyclic) bond motifs is 1. The third-order valence-corrected chi connectivity index (χ3v) is 4.70. The number of hydrogen-bond donors (Lipinski definition) is 1. The first kappa shape index (κ1) is 13.3. The summed E-state index contributed by atoms with van der Waals surface area (Å²) in [7, 11) is 0. The van der Waals surface area contributed by atoms with Crippen LogP contribution in [0.15, 0.2) is 6.07 Å². The average molecular weight is 287 g/mol. The van der Waals surface area contributed by atoms with Gasteiger partial charge in [-0.25, -0.2) is 13.8 Å². The molecule has 0 aromatic carbocycles. The lowest BCUT2D eigenvalue weighted by atomic mass is 9.62. The molecule has 2 aliphatic rings. The zero-order chi connectivity index (χ0) is 13.7. The number of aryl methyl sites for hydroxylation is 2. The maximum absolute atomic E-state index is 13.3. The molecule has 2 aliphatic carbocycles.